The summed E-state index contributed by atoms with van der Waals surface area (Å²) in [5.74, 6) is 0.668. The molecule has 1 saturated heterocycles. The molecule has 0 radical (unpaired) electrons. The summed E-state index contributed by atoms with van der Waals surface area (Å²) in [6.07, 6.45) is 9.33. The largest absolute Gasteiger partial charge is 0.300 e. The van der Waals surface area contributed by atoms with Gasteiger partial charge in [-0.1, -0.05) is 0 Å². The predicted octanol–water partition coefficient (Wildman–Crippen LogP) is 3.86. The van der Waals surface area contributed by atoms with Gasteiger partial charge in [0.15, 0.2) is 0 Å². The minimum Gasteiger partial charge on any atom is -0.300 e. The van der Waals surface area contributed by atoms with Crippen LogP contribution in [0.2, 0.25) is 0 Å². The molecule has 1 saturated carbocycles. The molecule has 0 spiro atoms. The number of pyridine rings is 1. The quantitative estimate of drug-likeness (QED) is 0.862. The van der Waals surface area contributed by atoms with Gasteiger partial charge in [0, 0.05) is 30.0 Å². The first kappa shape index (κ1) is 13.4. The Morgan fingerprint density at radius 1 is 1.14 bits per heavy atom. The minimum atomic E-state index is 0.668. The van der Waals surface area contributed by atoms with E-state index in [0.29, 0.717) is 5.92 Å². The zero-order chi connectivity index (χ0) is 14.2. The van der Waals surface area contributed by atoms with E-state index in [4.69, 9.17) is 4.98 Å². The molecule has 21 heavy (non-hydrogen) atoms. The summed E-state index contributed by atoms with van der Waals surface area (Å²) in [7, 11) is 0. The van der Waals surface area contributed by atoms with Gasteiger partial charge >= 0.3 is 0 Å². The summed E-state index contributed by atoms with van der Waals surface area (Å²) in [4.78, 5) is 12.9. The first-order valence-electron chi connectivity index (χ1n) is 7.92. The zero-order valence-electron chi connectivity index (χ0n) is 12.5. The van der Waals surface area contributed by atoms with E-state index in [1.165, 1.54) is 54.2 Å². The van der Waals surface area contributed by atoms with Crippen molar-refractivity contribution in [3.8, 4) is 10.4 Å². The normalized spacial score (nSPS) is 20.8. The maximum Gasteiger partial charge on any atom is 0.0963 e. The van der Waals surface area contributed by atoms with Crippen molar-refractivity contribution in [1.29, 1.82) is 0 Å². The smallest absolute Gasteiger partial charge is 0.0963 e. The van der Waals surface area contributed by atoms with E-state index in [9.17, 15) is 0 Å². The molecule has 0 N–H and O–H groups in total. The van der Waals surface area contributed by atoms with Crippen LogP contribution < -0.4 is 0 Å². The van der Waals surface area contributed by atoms with Crippen LogP contribution >= 0.6 is 11.3 Å². The van der Waals surface area contributed by atoms with Gasteiger partial charge in [0.1, 0.15) is 0 Å². The van der Waals surface area contributed by atoms with Gasteiger partial charge in [0.2, 0.25) is 0 Å². The summed E-state index contributed by atoms with van der Waals surface area (Å²) in [5, 5.41) is 1.33. The van der Waals surface area contributed by atoms with E-state index in [2.05, 4.69) is 22.0 Å². The minimum absolute atomic E-state index is 0.668. The van der Waals surface area contributed by atoms with Crippen LogP contribution in [0.3, 0.4) is 0 Å². The molecule has 110 valence electrons. The Morgan fingerprint density at radius 2 is 1.95 bits per heavy atom. The second kappa shape index (κ2) is 5.50. The molecule has 2 aliphatic rings. The van der Waals surface area contributed by atoms with E-state index < -0.39 is 0 Å². The van der Waals surface area contributed by atoms with Gasteiger partial charge in [-0.05, 0) is 63.4 Å². The molecule has 3 heterocycles. The topological polar surface area (TPSA) is 29.0 Å². The Balaban J connectivity index is 1.47. The third kappa shape index (κ3) is 2.87. The number of hydrogen-bond donors (Lipinski definition) is 0. The van der Waals surface area contributed by atoms with Crippen LogP contribution in [0.4, 0.5) is 0 Å². The Bertz CT molecular complexity index is 624. The van der Waals surface area contributed by atoms with Crippen molar-refractivity contribution in [1.82, 2.24) is 14.9 Å². The van der Waals surface area contributed by atoms with Crippen molar-refractivity contribution >= 4 is 11.3 Å². The standard InChI is InChI=1S/C17H21N3S/c1-12-10-14(4-7-18-12)16-11-19-17(21-16)13-5-8-20(9-6-13)15-2-3-15/h4,7,10-11,13,15H,2-3,5-6,8-9H2,1H3. The molecule has 0 aromatic carbocycles. The number of nitrogens with zero attached hydrogens (tertiary/aromatic N) is 3. The fraction of sp³-hybridized carbons (Fsp3) is 0.529. The molecule has 1 aliphatic heterocycles. The molecule has 0 atom stereocenters. The van der Waals surface area contributed by atoms with E-state index in [1.54, 1.807) is 0 Å². The highest BCUT2D eigenvalue weighted by molar-refractivity contribution is 7.15. The highest BCUT2D eigenvalue weighted by Gasteiger charge is 2.32. The first-order chi connectivity index (χ1) is 10.3. The number of piperidine rings is 1. The van der Waals surface area contributed by atoms with Crippen LogP contribution in [0.25, 0.3) is 10.4 Å². The van der Waals surface area contributed by atoms with Crippen LogP contribution in [0, 0.1) is 6.92 Å². The molecule has 3 nitrogen and oxygen atoms in total. The summed E-state index contributed by atoms with van der Waals surface area (Å²) < 4.78 is 0. The van der Waals surface area contributed by atoms with Crippen molar-refractivity contribution in [2.45, 2.75) is 44.6 Å². The molecule has 2 aromatic rings. The van der Waals surface area contributed by atoms with E-state index >= 15 is 0 Å². The average Bonchev–Trinajstić information content (AvgIpc) is 3.24. The molecular formula is C17H21N3S. The Hall–Kier alpha value is -1.26. The summed E-state index contributed by atoms with van der Waals surface area (Å²) in [6, 6.07) is 5.14. The number of thiazole rings is 1. The lowest BCUT2D eigenvalue weighted by Gasteiger charge is -2.30. The van der Waals surface area contributed by atoms with Crippen LogP contribution in [-0.4, -0.2) is 34.0 Å². The molecule has 0 amide bonds. The molecular weight excluding hydrogens is 278 g/mol. The second-order valence-corrected chi connectivity index (χ2v) is 7.35. The Labute approximate surface area is 130 Å². The molecule has 4 heteroatoms. The number of aryl methyl sites for hydroxylation is 1. The molecule has 0 unspecified atom stereocenters. The molecule has 0 bridgehead atoms. The number of likely N-dealkylation sites (tertiary alicyclic amines) is 1. The fourth-order valence-corrected chi connectivity index (χ4v) is 4.34. The lowest BCUT2D eigenvalue weighted by atomic mass is 9.97. The van der Waals surface area contributed by atoms with E-state index in [1.807, 2.05) is 30.7 Å². The van der Waals surface area contributed by atoms with Crippen LogP contribution in [0.5, 0.6) is 0 Å². The van der Waals surface area contributed by atoms with Gasteiger partial charge < -0.3 is 4.90 Å². The molecule has 2 fully saturated rings. The lowest BCUT2D eigenvalue weighted by Crippen LogP contribution is -2.34. The Kier molecular flexibility index (Phi) is 3.51. The number of aromatic nitrogens is 2. The van der Waals surface area contributed by atoms with Crippen LogP contribution in [0.1, 0.15) is 42.3 Å². The maximum absolute atomic E-state index is 4.71. The van der Waals surface area contributed by atoms with Crippen molar-refractivity contribution in [3.05, 3.63) is 35.2 Å². The molecule has 1 aliphatic carbocycles. The number of hydrogen-bond acceptors (Lipinski definition) is 4. The maximum atomic E-state index is 4.71. The highest BCUT2D eigenvalue weighted by atomic mass is 32.1. The predicted molar refractivity (Wildman–Crippen MR) is 86.7 cm³/mol. The van der Waals surface area contributed by atoms with Gasteiger partial charge in [-0.3, -0.25) is 4.98 Å². The van der Waals surface area contributed by atoms with Gasteiger partial charge in [0.25, 0.3) is 0 Å². The monoisotopic (exact) mass is 299 g/mol. The summed E-state index contributed by atoms with van der Waals surface area (Å²) in [5.41, 5.74) is 2.32. The molecule has 2 aromatic heterocycles. The zero-order valence-corrected chi connectivity index (χ0v) is 13.3. The third-order valence-corrected chi connectivity index (χ3v) is 5.86. The van der Waals surface area contributed by atoms with Crippen molar-refractivity contribution in [2.75, 3.05) is 13.1 Å². The van der Waals surface area contributed by atoms with Gasteiger partial charge in [-0.15, -0.1) is 11.3 Å². The van der Waals surface area contributed by atoms with Crippen molar-refractivity contribution < 1.29 is 0 Å². The molecule has 4 rings (SSSR count). The van der Waals surface area contributed by atoms with Crippen molar-refractivity contribution in [3.63, 3.8) is 0 Å². The van der Waals surface area contributed by atoms with Gasteiger partial charge in [-0.25, -0.2) is 4.98 Å². The lowest BCUT2D eigenvalue weighted by molar-refractivity contribution is 0.203. The third-order valence-electron chi connectivity index (χ3n) is 4.65. The van der Waals surface area contributed by atoms with E-state index in [0.717, 1.165) is 11.7 Å². The van der Waals surface area contributed by atoms with Gasteiger partial charge in [-0.2, -0.15) is 0 Å². The van der Waals surface area contributed by atoms with E-state index in [-0.39, 0.29) is 0 Å². The number of rotatable bonds is 3. The van der Waals surface area contributed by atoms with Crippen LogP contribution in [-0.2, 0) is 0 Å². The Morgan fingerprint density at radius 3 is 2.67 bits per heavy atom. The highest BCUT2D eigenvalue weighted by Crippen LogP contribution is 2.37. The fourth-order valence-electron chi connectivity index (χ4n) is 3.26. The van der Waals surface area contributed by atoms with Crippen molar-refractivity contribution in [2.24, 2.45) is 0 Å². The first-order valence-corrected chi connectivity index (χ1v) is 8.74. The van der Waals surface area contributed by atoms with Gasteiger partial charge in [0.05, 0.1) is 9.88 Å². The average molecular weight is 299 g/mol. The van der Waals surface area contributed by atoms with Crippen LogP contribution in [0.15, 0.2) is 24.5 Å². The summed E-state index contributed by atoms with van der Waals surface area (Å²) in [6.45, 7) is 4.57. The SMILES string of the molecule is Cc1cc(-c2cnc(C3CCN(C4CC4)CC3)s2)ccn1. The summed E-state index contributed by atoms with van der Waals surface area (Å²) >= 11 is 1.87. The second-order valence-electron chi connectivity index (χ2n) is 6.29.